The molecule has 46 valence electrons. The van der Waals surface area contributed by atoms with Gasteiger partial charge in [0.1, 0.15) is 0 Å². The largest absolute Gasteiger partial charge is 0.299 e. The van der Waals surface area contributed by atoms with Gasteiger partial charge in [0.15, 0.2) is 0 Å². The molecule has 0 aromatic carbocycles. The molecule has 0 saturated heterocycles. The van der Waals surface area contributed by atoms with Crippen LogP contribution in [-0.4, -0.2) is 12.3 Å². The molecule has 0 radical (unpaired) electrons. The van der Waals surface area contributed by atoms with E-state index in [0.717, 1.165) is 0 Å². The van der Waals surface area contributed by atoms with Gasteiger partial charge in [0.2, 0.25) is 12.3 Å². The highest BCUT2D eigenvalue weighted by Crippen LogP contribution is 1.87. The van der Waals surface area contributed by atoms with E-state index in [1.54, 1.807) is 13.8 Å². The maximum absolute atomic E-state index is 10.4. The van der Waals surface area contributed by atoms with E-state index in [0.29, 0.717) is 6.41 Å². The second-order valence-electron chi connectivity index (χ2n) is 1.78. The Balaban J connectivity index is 3.48. The van der Waals surface area contributed by atoms with Crippen molar-refractivity contribution in [2.45, 2.75) is 13.8 Å². The van der Waals surface area contributed by atoms with Crippen molar-refractivity contribution in [3.05, 3.63) is 0 Å². The summed E-state index contributed by atoms with van der Waals surface area (Å²) in [5, 5.41) is 2.03. The summed E-state index contributed by atoms with van der Waals surface area (Å²) in [6, 6.07) is 0. The Kier molecular flexibility index (Phi) is 2.84. The van der Waals surface area contributed by atoms with Gasteiger partial charge in [-0.1, -0.05) is 13.8 Å². The lowest BCUT2D eigenvalue weighted by Gasteiger charge is -1.97. The fourth-order valence-corrected chi connectivity index (χ4v) is 0.225. The van der Waals surface area contributed by atoms with Crippen LogP contribution in [-0.2, 0) is 9.59 Å². The SMILES string of the molecule is CC(C)C(=O)NC=O. The molecule has 0 unspecified atom stereocenters. The van der Waals surface area contributed by atoms with E-state index in [1.807, 2.05) is 5.32 Å². The maximum atomic E-state index is 10.4. The normalized spacial score (nSPS) is 8.88. The van der Waals surface area contributed by atoms with E-state index < -0.39 is 0 Å². The average Bonchev–Trinajstić information content (AvgIpc) is 1.67. The molecule has 3 heteroatoms. The van der Waals surface area contributed by atoms with Gasteiger partial charge in [0, 0.05) is 5.92 Å². The zero-order chi connectivity index (χ0) is 6.57. The molecular formula is C5H9NO2. The van der Waals surface area contributed by atoms with Crippen molar-refractivity contribution in [1.82, 2.24) is 5.32 Å². The third-order valence-corrected chi connectivity index (χ3v) is 0.726. The van der Waals surface area contributed by atoms with E-state index in [9.17, 15) is 9.59 Å². The second kappa shape index (κ2) is 3.18. The van der Waals surface area contributed by atoms with E-state index >= 15 is 0 Å². The number of carbonyl (C=O) groups excluding carboxylic acids is 2. The number of hydrogen-bond acceptors (Lipinski definition) is 2. The molecule has 0 aromatic heterocycles. The number of imide groups is 1. The number of carbonyl (C=O) groups is 2. The van der Waals surface area contributed by atoms with Crippen molar-refractivity contribution in [2.75, 3.05) is 0 Å². The fourth-order valence-electron chi connectivity index (χ4n) is 0.225. The summed E-state index contributed by atoms with van der Waals surface area (Å²) >= 11 is 0. The molecule has 0 heterocycles. The topological polar surface area (TPSA) is 46.2 Å². The van der Waals surface area contributed by atoms with Crippen LogP contribution >= 0.6 is 0 Å². The summed E-state index contributed by atoms with van der Waals surface area (Å²) in [6.45, 7) is 3.44. The molecule has 0 fully saturated rings. The summed E-state index contributed by atoms with van der Waals surface area (Å²) in [5.74, 6) is -0.347. The van der Waals surface area contributed by atoms with Gasteiger partial charge >= 0.3 is 0 Å². The summed E-state index contributed by atoms with van der Waals surface area (Å²) in [5.41, 5.74) is 0. The predicted octanol–water partition coefficient (Wildman–Crippen LogP) is -0.0850. The first kappa shape index (κ1) is 7.14. The van der Waals surface area contributed by atoms with Gasteiger partial charge in [0.25, 0.3) is 0 Å². The Hall–Kier alpha value is -0.860. The second-order valence-corrected chi connectivity index (χ2v) is 1.78. The van der Waals surface area contributed by atoms with E-state index in [2.05, 4.69) is 0 Å². The van der Waals surface area contributed by atoms with Gasteiger partial charge in [-0.15, -0.1) is 0 Å². The third kappa shape index (κ3) is 2.34. The molecule has 0 rings (SSSR count). The van der Waals surface area contributed by atoms with E-state index in [4.69, 9.17) is 0 Å². The highest BCUT2D eigenvalue weighted by Gasteiger charge is 2.02. The molecule has 1 N–H and O–H groups in total. The first-order valence-electron chi connectivity index (χ1n) is 2.42. The van der Waals surface area contributed by atoms with Gasteiger partial charge in [-0.3, -0.25) is 14.9 Å². The minimum absolute atomic E-state index is 0.111. The lowest BCUT2D eigenvalue weighted by Crippen LogP contribution is -2.25. The third-order valence-electron chi connectivity index (χ3n) is 0.726. The first-order valence-corrected chi connectivity index (χ1v) is 2.42. The number of hydrogen-bond donors (Lipinski definition) is 1. The van der Waals surface area contributed by atoms with Crippen LogP contribution in [0.15, 0.2) is 0 Å². The summed E-state index contributed by atoms with van der Waals surface area (Å²) in [4.78, 5) is 20.0. The van der Waals surface area contributed by atoms with Crippen molar-refractivity contribution in [3.8, 4) is 0 Å². The van der Waals surface area contributed by atoms with E-state index in [-0.39, 0.29) is 11.8 Å². The zero-order valence-corrected chi connectivity index (χ0v) is 4.97. The lowest BCUT2D eigenvalue weighted by molar-refractivity contribution is -0.127. The van der Waals surface area contributed by atoms with Gasteiger partial charge < -0.3 is 0 Å². The first-order chi connectivity index (χ1) is 3.68. The maximum Gasteiger partial charge on any atom is 0.228 e. The summed E-state index contributed by atoms with van der Waals surface area (Å²) < 4.78 is 0. The fraction of sp³-hybridized carbons (Fsp3) is 0.600. The van der Waals surface area contributed by atoms with Crippen LogP contribution < -0.4 is 5.32 Å². The summed E-state index contributed by atoms with van der Waals surface area (Å²) in [7, 11) is 0. The van der Waals surface area contributed by atoms with Crippen LogP contribution in [0.2, 0.25) is 0 Å². The molecule has 0 aliphatic rings. The lowest BCUT2D eigenvalue weighted by atomic mass is 10.2. The van der Waals surface area contributed by atoms with Gasteiger partial charge in [-0.05, 0) is 0 Å². The molecule has 3 nitrogen and oxygen atoms in total. The molecule has 0 aliphatic carbocycles. The molecule has 0 aliphatic heterocycles. The van der Waals surface area contributed by atoms with Crippen molar-refractivity contribution in [2.24, 2.45) is 5.92 Å². The van der Waals surface area contributed by atoms with Gasteiger partial charge in [-0.25, -0.2) is 0 Å². The summed E-state index contributed by atoms with van der Waals surface area (Å²) in [6.07, 6.45) is 0.391. The Morgan fingerprint density at radius 1 is 1.62 bits per heavy atom. The number of nitrogens with one attached hydrogen (secondary N) is 1. The van der Waals surface area contributed by atoms with Crippen molar-refractivity contribution in [3.63, 3.8) is 0 Å². The van der Waals surface area contributed by atoms with Crippen LogP contribution in [0.25, 0.3) is 0 Å². The molecule has 0 saturated carbocycles. The highest BCUT2D eigenvalue weighted by molar-refractivity contribution is 5.87. The van der Waals surface area contributed by atoms with Crippen LogP contribution in [0.1, 0.15) is 13.8 Å². The molecular weight excluding hydrogens is 106 g/mol. The number of amides is 2. The monoisotopic (exact) mass is 115 g/mol. The van der Waals surface area contributed by atoms with Crippen molar-refractivity contribution >= 4 is 12.3 Å². The Morgan fingerprint density at radius 2 is 2.12 bits per heavy atom. The number of rotatable bonds is 2. The standard InChI is InChI=1S/C5H9NO2/c1-4(2)5(8)6-3-7/h3-4H,1-2H3,(H,6,7,8). The minimum Gasteiger partial charge on any atom is -0.299 e. The average molecular weight is 115 g/mol. The molecule has 0 aromatic rings. The Morgan fingerprint density at radius 3 is 2.25 bits per heavy atom. The van der Waals surface area contributed by atoms with Crippen LogP contribution in [0, 0.1) is 5.92 Å². The van der Waals surface area contributed by atoms with Gasteiger partial charge in [0.05, 0.1) is 0 Å². The molecule has 8 heavy (non-hydrogen) atoms. The molecule has 2 amide bonds. The van der Waals surface area contributed by atoms with Crippen LogP contribution in [0.4, 0.5) is 0 Å². The quantitative estimate of drug-likeness (QED) is 0.511. The molecule has 0 spiro atoms. The minimum atomic E-state index is -0.236. The molecule has 0 bridgehead atoms. The van der Waals surface area contributed by atoms with Crippen LogP contribution in [0.3, 0.4) is 0 Å². The Labute approximate surface area is 48.1 Å². The highest BCUT2D eigenvalue weighted by atomic mass is 16.2. The smallest absolute Gasteiger partial charge is 0.228 e. The van der Waals surface area contributed by atoms with Gasteiger partial charge in [-0.2, -0.15) is 0 Å². The Bertz CT molecular complexity index is 98.6. The van der Waals surface area contributed by atoms with Crippen molar-refractivity contribution in [1.29, 1.82) is 0 Å². The van der Waals surface area contributed by atoms with Crippen molar-refractivity contribution < 1.29 is 9.59 Å². The van der Waals surface area contributed by atoms with E-state index in [1.165, 1.54) is 0 Å². The molecule has 0 atom stereocenters. The van der Waals surface area contributed by atoms with Crippen LogP contribution in [0.5, 0.6) is 0 Å². The zero-order valence-electron chi connectivity index (χ0n) is 4.97. The predicted molar refractivity (Wildman–Crippen MR) is 29.0 cm³/mol.